The molecule has 6 nitrogen and oxygen atoms in total. The lowest BCUT2D eigenvalue weighted by molar-refractivity contribution is 0.104. The summed E-state index contributed by atoms with van der Waals surface area (Å²) < 4.78 is 5.16. The van der Waals surface area contributed by atoms with E-state index in [1.54, 1.807) is 67.1 Å². The second-order valence-electron chi connectivity index (χ2n) is 5.96. The quantitative estimate of drug-likeness (QED) is 0.272. The highest BCUT2D eigenvalue weighted by molar-refractivity contribution is 6.06. The van der Waals surface area contributed by atoms with Gasteiger partial charge in [-0.05, 0) is 72.8 Å². The number of hydrogen-bond donors (Lipinski definition) is 1. The molecule has 0 spiro atoms. The van der Waals surface area contributed by atoms with Crippen LogP contribution in [0.25, 0.3) is 17.0 Å². The molecule has 0 saturated carbocycles. The van der Waals surface area contributed by atoms with Gasteiger partial charge in [-0.15, -0.1) is 5.11 Å². The summed E-state index contributed by atoms with van der Waals surface area (Å²) in [5, 5.41) is 19.1. The molecule has 0 saturated heterocycles. The standard InChI is InChI=1S/C22H15N3O3/c26-20(11-9-17-3-2-14-28-17)15-5-7-16(8-6-15)24-25-19-10-12-21(27)22-18(19)4-1-13-23-22/h1-14,27H/b11-9+,25-24?. The Morgan fingerprint density at radius 2 is 1.86 bits per heavy atom. The van der Waals surface area contributed by atoms with E-state index in [1.807, 2.05) is 6.07 Å². The number of pyridine rings is 1. The number of phenols is 1. The largest absolute Gasteiger partial charge is 0.506 e. The van der Waals surface area contributed by atoms with E-state index in [-0.39, 0.29) is 11.5 Å². The van der Waals surface area contributed by atoms with Gasteiger partial charge >= 0.3 is 0 Å². The summed E-state index contributed by atoms with van der Waals surface area (Å²) in [7, 11) is 0. The third-order valence-electron chi connectivity index (χ3n) is 4.09. The highest BCUT2D eigenvalue weighted by Crippen LogP contribution is 2.31. The van der Waals surface area contributed by atoms with Crippen molar-refractivity contribution >= 4 is 34.1 Å². The molecule has 4 rings (SSSR count). The molecule has 2 heterocycles. The van der Waals surface area contributed by atoms with Gasteiger partial charge in [0, 0.05) is 17.1 Å². The van der Waals surface area contributed by atoms with Gasteiger partial charge in [0.1, 0.15) is 17.0 Å². The molecule has 28 heavy (non-hydrogen) atoms. The summed E-state index contributed by atoms with van der Waals surface area (Å²) in [4.78, 5) is 16.4. The average Bonchev–Trinajstić information content (AvgIpc) is 3.26. The summed E-state index contributed by atoms with van der Waals surface area (Å²) in [5.74, 6) is 0.588. The number of carbonyl (C=O) groups excluding carboxylic acids is 1. The monoisotopic (exact) mass is 369 g/mol. The van der Waals surface area contributed by atoms with E-state index in [0.29, 0.717) is 33.6 Å². The number of fused-ring (bicyclic) bond motifs is 1. The molecule has 0 aliphatic heterocycles. The normalized spacial score (nSPS) is 11.6. The molecule has 1 N–H and O–H groups in total. The van der Waals surface area contributed by atoms with Gasteiger partial charge < -0.3 is 9.52 Å². The summed E-state index contributed by atoms with van der Waals surface area (Å²) in [6, 6.07) is 17.2. The van der Waals surface area contributed by atoms with Gasteiger partial charge in [0.2, 0.25) is 0 Å². The smallest absolute Gasteiger partial charge is 0.185 e. The maximum absolute atomic E-state index is 12.2. The Bertz CT molecular complexity index is 1180. The predicted octanol–water partition coefficient (Wildman–Crippen LogP) is 5.84. The van der Waals surface area contributed by atoms with Crippen molar-refractivity contribution in [1.82, 2.24) is 4.98 Å². The molecule has 2 aromatic heterocycles. The molecule has 0 aliphatic carbocycles. The second kappa shape index (κ2) is 7.67. The maximum Gasteiger partial charge on any atom is 0.185 e. The number of carbonyl (C=O) groups is 1. The third kappa shape index (κ3) is 3.71. The number of furan rings is 1. The Kier molecular flexibility index (Phi) is 4.76. The van der Waals surface area contributed by atoms with Crippen LogP contribution in [-0.4, -0.2) is 15.9 Å². The van der Waals surface area contributed by atoms with Gasteiger partial charge in [-0.2, -0.15) is 5.11 Å². The van der Waals surface area contributed by atoms with Crippen LogP contribution in [0.3, 0.4) is 0 Å². The van der Waals surface area contributed by atoms with E-state index < -0.39 is 0 Å². The molecule has 0 bridgehead atoms. The lowest BCUT2D eigenvalue weighted by Crippen LogP contribution is -1.92. The van der Waals surface area contributed by atoms with Crippen LogP contribution >= 0.6 is 0 Å². The fourth-order valence-corrected chi connectivity index (χ4v) is 2.67. The van der Waals surface area contributed by atoms with E-state index in [9.17, 15) is 9.90 Å². The van der Waals surface area contributed by atoms with Gasteiger partial charge in [0.15, 0.2) is 5.78 Å². The van der Waals surface area contributed by atoms with Crippen molar-refractivity contribution in [2.45, 2.75) is 0 Å². The molecule has 0 fully saturated rings. The summed E-state index contributed by atoms with van der Waals surface area (Å²) in [6.07, 6.45) is 6.25. The Balaban J connectivity index is 1.52. The maximum atomic E-state index is 12.2. The molecule has 0 aliphatic rings. The topological polar surface area (TPSA) is 88.0 Å². The minimum absolute atomic E-state index is 0.0972. The van der Waals surface area contributed by atoms with Crippen molar-refractivity contribution in [1.29, 1.82) is 0 Å². The van der Waals surface area contributed by atoms with Crippen LogP contribution < -0.4 is 0 Å². The zero-order chi connectivity index (χ0) is 19.3. The number of nitrogens with zero attached hydrogens (tertiary/aromatic N) is 3. The molecule has 0 radical (unpaired) electrons. The summed E-state index contributed by atoms with van der Waals surface area (Å²) in [5.41, 5.74) is 2.23. The van der Waals surface area contributed by atoms with E-state index in [4.69, 9.17) is 4.42 Å². The van der Waals surface area contributed by atoms with Gasteiger partial charge in [0.25, 0.3) is 0 Å². The molecule has 0 atom stereocenters. The molecule has 2 aromatic carbocycles. The highest BCUT2D eigenvalue weighted by atomic mass is 16.3. The first-order valence-electron chi connectivity index (χ1n) is 8.55. The fraction of sp³-hybridized carbons (Fsp3) is 0. The Morgan fingerprint density at radius 3 is 2.64 bits per heavy atom. The van der Waals surface area contributed by atoms with Crippen LogP contribution in [0.1, 0.15) is 16.1 Å². The number of ketones is 1. The first-order chi connectivity index (χ1) is 13.7. The Hall–Kier alpha value is -4.06. The first-order valence-corrected chi connectivity index (χ1v) is 8.55. The number of hydrogen-bond acceptors (Lipinski definition) is 6. The molecule has 0 amide bonds. The molecule has 6 heteroatoms. The van der Waals surface area contributed by atoms with E-state index >= 15 is 0 Å². The molecular weight excluding hydrogens is 354 g/mol. The van der Waals surface area contributed by atoms with Crippen LogP contribution in [0.5, 0.6) is 5.75 Å². The van der Waals surface area contributed by atoms with Crippen LogP contribution in [-0.2, 0) is 0 Å². The molecule has 0 unspecified atom stereocenters. The average molecular weight is 369 g/mol. The molecular formula is C22H15N3O3. The zero-order valence-corrected chi connectivity index (χ0v) is 14.7. The van der Waals surface area contributed by atoms with Crippen molar-refractivity contribution < 1.29 is 14.3 Å². The number of azo groups is 1. The summed E-state index contributed by atoms with van der Waals surface area (Å²) in [6.45, 7) is 0. The predicted molar refractivity (Wildman–Crippen MR) is 106 cm³/mol. The van der Waals surface area contributed by atoms with Crippen LogP contribution in [0.15, 0.2) is 93.8 Å². The lowest BCUT2D eigenvalue weighted by Gasteiger charge is -2.02. The van der Waals surface area contributed by atoms with Gasteiger partial charge in [-0.25, -0.2) is 0 Å². The van der Waals surface area contributed by atoms with Gasteiger partial charge in [-0.1, -0.05) is 0 Å². The minimum atomic E-state index is -0.129. The van der Waals surface area contributed by atoms with E-state index in [0.717, 1.165) is 0 Å². The third-order valence-corrected chi connectivity index (χ3v) is 4.09. The Labute approximate surface area is 160 Å². The van der Waals surface area contributed by atoms with Crippen molar-refractivity contribution in [3.63, 3.8) is 0 Å². The van der Waals surface area contributed by atoms with Gasteiger partial charge in [0.05, 0.1) is 17.6 Å². The van der Waals surface area contributed by atoms with E-state index in [1.165, 1.54) is 12.1 Å². The zero-order valence-electron chi connectivity index (χ0n) is 14.7. The SMILES string of the molecule is O=C(/C=C/c1ccco1)c1ccc(N=Nc2ccc(O)c3ncccc23)cc1. The lowest BCUT2D eigenvalue weighted by atomic mass is 10.1. The van der Waals surface area contributed by atoms with Crippen molar-refractivity contribution in [2.24, 2.45) is 10.2 Å². The number of aromatic hydroxyl groups is 1. The minimum Gasteiger partial charge on any atom is -0.506 e. The number of aromatic nitrogens is 1. The first kappa shape index (κ1) is 17.4. The number of allylic oxidation sites excluding steroid dienone is 1. The van der Waals surface area contributed by atoms with Crippen molar-refractivity contribution in [3.05, 3.63) is 90.5 Å². The molecule has 136 valence electrons. The van der Waals surface area contributed by atoms with Crippen molar-refractivity contribution in [2.75, 3.05) is 0 Å². The number of rotatable bonds is 5. The van der Waals surface area contributed by atoms with Gasteiger partial charge in [-0.3, -0.25) is 9.78 Å². The second-order valence-corrected chi connectivity index (χ2v) is 5.96. The fourth-order valence-electron chi connectivity index (χ4n) is 2.67. The highest BCUT2D eigenvalue weighted by Gasteiger charge is 2.06. The molecule has 4 aromatic rings. The van der Waals surface area contributed by atoms with Crippen molar-refractivity contribution in [3.8, 4) is 5.75 Å². The number of benzene rings is 2. The summed E-state index contributed by atoms with van der Waals surface area (Å²) >= 11 is 0. The van der Waals surface area contributed by atoms with Crippen LogP contribution in [0.2, 0.25) is 0 Å². The van der Waals surface area contributed by atoms with Crippen LogP contribution in [0, 0.1) is 0 Å². The van der Waals surface area contributed by atoms with Crippen LogP contribution in [0.4, 0.5) is 11.4 Å². The Morgan fingerprint density at radius 1 is 1.00 bits per heavy atom. The van der Waals surface area contributed by atoms with E-state index in [2.05, 4.69) is 15.2 Å². The number of phenolic OH excluding ortho intramolecular Hbond substituents is 1.